The molecule has 0 radical (unpaired) electrons. The number of benzene rings is 3. The van der Waals surface area contributed by atoms with Gasteiger partial charge in [-0.15, -0.1) is 0 Å². The quantitative estimate of drug-likeness (QED) is 0.572. The van der Waals surface area contributed by atoms with Crippen LogP contribution in [0.3, 0.4) is 0 Å². The van der Waals surface area contributed by atoms with E-state index in [1.165, 1.54) is 0 Å². The number of ether oxygens (including phenoxy) is 1. The Morgan fingerprint density at radius 3 is 2.19 bits per heavy atom. The number of allylic oxidation sites excluding steroid dienone is 1. The predicted molar refractivity (Wildman–Crippen MR) is 118 cm³/mol. The Hall–Kier alpha value is -3.99. The summed E-state index contributed by atoms with van der Waals surface area (Å²) < 4.78 is 5.27. The van der Waals surface area contributed by atoms with Gasteiger partial charge in [-0.25, -0.2) is 0 Å². The van der Waals surface area contributed by atoms with Crippen LogP contribution in [0, 0.1) is 0 Å². The minimum Gasteiger partial charge on any atom is -0.506 e. The van der Waals surface area contributed by atoms with Gasteiger partial charge in [0.25, 0.3) is 0 Å². The van der Waals surface area contributed by atoms with Crippen LogP contribution in [0.1, 0.15) is 39.0 Å². The maximum atomic E-state index is 13.0. The number of aliphatic hydroxyl groups excluding tert-OH is 1. The number of carbonyl (C=O) groups is 1. The van der Waals surface area contributed by atoms with Crippen LogP contribution in [0.5, 0.6) is 5.75 Å². The molecule has 0 saturated heterocycles. The Morgan fingerprint density at radius 1 is 0.839 bits per heavy atom. The van der Waals surface area contributed by atoms with E-state index < -0.39 is 0 Å². The summed E-state index contributed by atoms with van der Waals surface area (Å²) in [6, 6.07) is 24.5. The number of azo groups is 1. The molecule has 5 rings (SSSR count). The van der Waals surface area contributed by atoms with Gasteiger partial charge in [0.1, 0.15) is 17.6 Å². The van der Waals surface area contributed by atoms with Crippen LogP contribution in [-0.2, 0) is 0 Å². The van der Waals surface area contributed by atoms with E-state index in [0.29, 0.717) is 16.8 Å². The predicted octanol–water partition coefficient (Wildman–Crippen LogP) is 6.04. The van der Waals surface area contributed by atoms with Gasteiger partial charge in [-0.05, 0) is 29.3 Å². The number of aliphatic hydroxyl groups is 1. The Kier molecular flexibility index (Phi) is 4.71. The van der Waals surface area contributed by atoms with Gasteiger partial charge in [0.15, 0.2) is 5.78 Å². The van der Waals surface area contributed by atoms with Crippen molar-refractivity contribution in [1.29, 1.82) is 0 Å². The molecule has 1 aliphatic carbocycles. The number of Topliss-reactive ketones (excluding diaryl/α,β-unsaturated/α-hetero) is 1. The van der Waals surface area contributed by atoms with Gasteiger partial charge in [-0.3, -0.25) is 4.79 Å². The van der Waals surface area contributed by atoms with Crippen LogP contribution in [-0.4, -0.2) is 18.0 Å². The second-order valence-electron chi connectivity index (χ2n) is 7.52. The molecule has 0 bridgehead atoms. The molecule has 0 unspecified atom stereocenters. The highest BCUT2D eigenvalue weighted by Crippen LogP contribution is 2.44. The van der Waals surface area contributed by atoms with E-state index in [1.807, 2.05) is 60.7 Å². The molecule has 3 aromatic rings. The van der Waals surface area contributed by atoms with E-state index in [2.05, 4.69) is 10.2 Å². The van der Waals surface area contributed by atoms with Crippen molar-refractivity contribution in [2.24, 2.45) is 10.2 Å². The summed E-state index contributed by atoms with van der Waals surface area (Å²) in [5.41, 5.74) is 3.68. The number of ketones is 1. The molecule has 5 heteroatoms. The van der Waals surface area contributed by atoms with Crippen molar-refractivity contribution in [3.63, 3.8) is 0 Å². The third-order valence-electron chi connectivity index (χ3n) is 5.76. The molecule has 3 aromatic carbocycles. The third kappa shape index (κ3) is 3.24. The van der Waals surface area contributed by atoms with Gasteiger partial charge in [-0.1, -0.05) is 66.7 Å². The van der Waals surface area contributed by atoms with Crippen molar-refractivity contribution in [3.05, 3.63) is 118 Å². The molecule has 31 heavy (non-hydrogen) atoms. The van der Waals surface area contributed by atoms with Gasteiger partial charge < -0.3 is 9.84 Å². The zero-order valence-corrected chi connectivity index (χ0v) is 16.9. The average molecular weight is 408 g/mol. The number of methoxy groups -OCH3 is 1. The second kappa shape index (κ2) is 7.69. The number of hydrogen-bond acceptors (Lipinski definition) is 5. The van der Waals surface area contributed by atoms with Crippen LogP contribution in [0.2, 0.25) is 0 Å². The molecule has 0 spiro atoms. The van der Waals surface area contributed by atoms with E-state index in [-0.39, 0.29) is 29.1 Å². The lowest BCUT2D eigenvalue weighted by atomic mass is 9.85. The molecule has 5 nitrogen and oxygen atoms in total. The molecule has 1 heterocycles. The SMILES string of the molecule is COc1ccc([C@H]2N=NC(C3=C(O)c4ccccc4C3=O)=C[C@H]2c2ccccc2)cc1. The summed E-state index contributed by atoms with van der Waals surface area (Å²) in [6.45, 7) is 0. The summed E-state index contributed by atoms with van der Waals surface area (Å²) in [7, 11) is 1.63. The Bertz CT molecular complexity index is 1240. The van der Waals surface area contributed by atoms with Crippen LogP contribution in [0.25, 0.3) is 5.76 Å². The van der Waals surface area contributed by atoms with Crippen LogP contribution in [0.4, 0.5) is 0 Å². The number of fused-ring (bicyclic) bond motifs is 1. The topological polar surface area (TPSA) is 71.2 Å². The molecule has 1 N–H and O–H groups in total. The first kappa shape index (κ1) is 19.0. The van der Waals surface area contributed by atoms with E-state index in [1.54, 1.807) is 31.4 Å². The molecule has 2 atom stereocenters. The van der Waals surface area contributed by atoms with Crippen LogP contribution >= 0.6 is 0 Å². The molecule has 2 aliphatic rings. The first-order valence-corrected chi connectivity index (χ1v) is 10.1. The normalized spacial score (nSPS) is 19.9. The largest absolute Gasteiger partial charge is 0.506 e. The molecule has 0 fully saturated rings. The zero-order chi connectivity index (χ0) is 21.4. The second-order valence-corrected chi connectivity index (χ2v) is 7.52. The van der Waals surface area contributed by atoms with Crippen LogP contribution in [0.15, 0.2) is 106 Å². The lowest BCUT2D eigenvalue weighted by Gasteiger charge is -2.25. The van der Waals surface area contributed by atoms with Gasteiger partial charge in [-0.2, -0.15) is 10.2 Å². The fraction of sp³-hybridized carbons (Fsp3) is 0.115. The van der Waals surface area contributed by atoms with Crippen molar-refractivity contribution in [2.75, 3.05) is 7.11 Å². The molecule has 0 amide bonds. The van der Waals surface area contributed by atoms with Crippen LogP contribution < -0.4 is 4.74 Å². The lowest BCUT2D eigenvalue weighted by Crippen LogP contribution is -2.13. The summed E-state index contributed by atoms with van der Waals surface area (Å²) in [5.74, 6) is 0.362. The average Bonchev–Trinajstić information content (AvgIpc) is 3.09. The zero-order valence-electron chi connectivity index (χ0n) is 16.9. The fourth-order valence-electron chi connectivity index (χ4n) is 4.16. The number of carbonyl (C=O) groups excluding carboxylic acids is 1. The van der Waals surface area contributed by atoms with Gasteiger partial charge in [0.2, 0.25) is 0 Å². The molecular formula is C26H20N2O3. The minimum absolute atomic E-state index is 0.0412. The standard InChI is InChI=1S/C26H20N2O3/c1-31-18-13-11-17(12-14-18)24-21(16-7-3-2-4-8-16)15-22(27-28-24)23-25(29)19-9-5-6-10-20(19)26(23)30/h2-15,21,24,29H,1H3/t21-,24+/m0/s1. The highest BCUT2D eigenvalue weighted by Gasteiger charge is 2.35. The molecule has 0 aromatic heterocycles. The van der Waals surface area contributed by atoms with Gasteiger partial charge in [0.05, 0.1) is 18.4 Å². The van der Waals surface area contributed by atoms with E-state index in [0.717, 1.165) is 16.9 Å². The fourth-order valence-corrected chi connectivity index (χ4v) is 4.16. The highest BCUT2D eigenvalue weighted by molar-refractivity contribution is 6.22. The van der Waals surface area contributed by atoms with Crippen molar-refractivity contribution >= 4 is 11.5 Å². The Balaban J connectivity index is 1.58. The molecule has 1 aliphatic heterocycles. The van der Waals surface area contributed by atoms with Crippen molar-refractivity contribution in [1.82, 2.24) is 0 Å². The van der Waals surface area contributed by atoms with E-state index in [4.69, 9.17) is 4.74 Å². The lowest BCUT2D eigenvalue weighted by molar-refractivity contribution is 0.103. The summed E-state index contributed by atoms with van der Waals surface area (Å²) in [6.07, 6.45) is 1.94. The third-order valence-corrected chi connectivity index (χ3v) is 5.76. The van der Waals surface area contributed by atoms with Gasteiger partial charge >= 0.3 is 0 Å². The first-order valence-electron chi connectivity index (χ1n) is 10.1. The van der Waals surface area contributed by atoms with Crippen molar-refractivity contribution in [3.8, 4) is 5.75 Å². The molecular weight excluding hydrogens is 388 g/mol. The number of hydrogen-bond donors (Lipinski definition) is 1. The first-order chi connectivity index (χ1) is 15.2. The van der Waals surface area contributed by atoms with Gasteiger partial charge in [0, 0.05) is 17.0 Å². The monoisotopic (exact) mass is 408 g/mol. The summed E-state index contributed by atoms with van der Waals surface area (Å²) in [4.78, 5) is 13.0. The number of rotatable bonds is 4. The Morgan fingerprint density at radius 2 is 1.52 bits per heavy atom. The minimum atomic E-state index is -0.251. The van der Waals surface area contributed by atoms with E-state index in [9.17, 15) is 9.90 Å². The molecule has 0 saturated carbocycles. The summed E-state index contributed by atoms with van der Waals surface area (Å²) in [5, 5.41) is 19.7. The van der Waals surface area contributed by atoms with Crippen molar-refractivity contribution in [2.45, 2.75) is 12.0 Å². The van der Waals surface area contributed by atoms with Crippen molar-refractivity contribution < 1.29 is 14.6 Å². The smallest absolute Gasteiger partial charge is 0.199 e. The Labute approximate surface area is 180 Å². The maximum Gasteiger partial charge on any atom is 0.199 e. The maximum absolute atomic E-state index is 13.0. The van der Waals surface area contributed by atoms with E-state index >= 15 is 0 Å². The summed E-state index contributed by atoms with van der Waals surface area (Å²) >= 11 is 0. The highest BCUT2D eigenvalue weighted by atomic mass is 16.5. The molecule has 152 valence electrons. The number of nitrogens with zero attached hydrogens (tertiary/aromatic N) is 2.